The fraction of sp³-hybridized carbons (Fsp3) is 0.400. The van der Waals surface area contributed by atoms with Crippen molar-refractivity contribution in [2.24, 2.45) is 0 Å². The molecule has 0 heterocycles. The van der Waals surface area contributed by atoms with Crippen LogP contribution in [0.2, 0.25) is 0 Å². The maximum absolute atomic E-state index is 13.3. The van der Waals surface area contributed by atoms with E-state index < -0.39 is 15.7 Å². The Hall–Kier alpha value is -1.14. The van der Waals surface area contributed by atoms with Crippen molar-refractivity contribution in [2.75, 3.05) is 25.2 Å². The van der Waals surface area contributed by atoms with E-state index in [2.05, 4.69) is 4.74 Å². The number of rotatable bonds is 5. The standard InChI is InChI=1S/C10H14FNO3S/c1-15-4-5-16(13,14)7-8-2-3-9(12)6-10(8)11/h2-3,6H,4-5,7,12H2,1H3. The molecule has 4 nitrogen and oxygen atoms in total. The van der Waals surface area contributed by atoms with Gasteiger partial charge in [-0.15, -0.1) is 0 Å². The van der Waals surface area contributed by atoms with E-state index in [-0.39, 0.29) is 29.4 Å². The SMILES string of the molecule is COCCS(=O)(=O)Cc1ccc(N)cc1F. The minimum absolute atomic E-state index is 0.110. The van der Waals surface area contributed by atoms with Crippen LogP contribution >= 0.6 is 0 Å². The second kappa shape index (κ2) is 5.27. The predicted octanol–water partition coefficient (Wildman–Crippen LogP) is 0.969. The van der Waals surface area contributed by atoms with Crippen LogP contribution in [0, 0.1) is 5.82 Å². The highest BCUT2D eigenvalue weighted by Gasteiger charge is 2.14. The molecule has 0 atom stereocenters. The smallest absolute Gasteiger partial charge is 0.156 e. The fourth-order valence-corrected chi connectivity index (χ4v) is 2.47. The Balaban J connectivity index is 2.80. The van der Waals surface area contributed by atoms with E-state index >= 15 is 0 Å². The van der Waals surface area contributed by atoms with Gasteiger partial charge in [0.25, 0.3) is 0 Å². The lowest BCUT2D eigenvalue weighted by Gasteiger charge is -2.05. The summed E-state index contributed by atoms with van der Waals surface area (Å²) in [6.07, 6.45) is 0. The van der Waals surface area contributed by atoms with Crippen molar-refractivity contribution < 1.29 is 17.5 Å². The van der Waals surface area contributed by atoms with E-state index in [1.165, 1.54) is 19.2 Å². The van der Waals surface area contributed by atoms with Gasteiger partial charge < -0.3 is 10.5 Å². The van der Waals surface area contributed by atoms with Crippen molar-refractivity contribution in [1.29, 1.82) is 0 Å². The number of benzene rings is 1. The Morgan fingerprint density at radius 1 is 1.44 bits per heavy atom. The van der Waals surface area contributed by atoms with E-state index in [1.807, 2.05) is 0 Å². The summed E-state index contributed by atoms with van der Waals surface area (Å²) in [6, 6.07) is 3.97. The zero-order valence-corrected chi connectivity index (χ0v) is 9.76. The highest BCUT2D eigenvalue weighted by molar-refractivity contribution is 7.90. The van der Waals surface area contributed by atoms with E-state index in [0.29, 0.717) is 0 Å². The zero-order valence-electron chi connectivity index (χ0n) is 8.94. The van der Waals surface area contributed by atoms with Gasteiger partial charge in [0.2, 0.25) is 0 Å². The van der Waals surface area contributed by atoms with Crippen LogP contribution in [0.1, 0.15) is 5.56 Å². The van der Waals surface area contributed by atoms with Crippen molar-refractivity contribution in [3.8, 4) is 0 Å². The molecule has 0 aliphatic heterocycles. The van der Waals surface area contributed by atoms with Gasteiger partial charge in [-0.3, -0.25) is 0 Å². The third-order valence-corrected chi connectivity index (χ3v) is 3.59. The number of hydrogen-bond acceptors (Lipinski definition) is 4. The van der Waals surface area contributed by atoms with Gasteiger partial charge in [0.1, 0.15) is 5.82 Å². The molecule has 0 aliphatic carbocycles. The topological polar surface area (TPSA) is 69.4 Å². The summed E-state index contributed by atoms with van der Waals surface area (Å²) in [5.41, 5.74) is 5.77. The Morgan fingerprint density at radius 2 is 2.12 bits per heavy atom. The Labute approximate surface area is 94.1 Å². The minimum Gasteiger partial charge on any atom is -0.399 e. The van der Waals surface area contributed by atoms with Crippen LogP contribution in [0.15, 0.2) is 18.2 Å². The van der Waals surface area contributed by atoms with Crippen molar-refractivity contribution in [1.82, 2.24) is 0 Å². The quantitative estimate of drug-likeness (QED) is 0.787. The molecule has 0 radical (unpaired) electrons. The molecule has 0 aromatic heterocycles. The van der Waals surface area contributed by atoms with Gasteiger partial charge in [0.15, 0.2) is 9.84 Å². The molecule has 1 rings (SSSR count). The Bertz CT molecular complexity index is 459. The first-order valence-electron chi connectivity index (χ1n) is 4.68. The highest BCUT2D eigenvalue weighted by atomic mass is 32.2. The second-order valence-corrected chi connectivity index (χ2v) is 5.62. The largest absolute Gasteiger partial charge is 0.399 e. The Kier molecular flexibility index (Phi) is 4.26. The molecular weight excluding hydrogens is 233 g/mol. The third-order valence-electron chi connectivity index (χ3n) is 2.05. The molecule has 0 bridgehead atoms. The van der Waals surface area contributed by atoms with Crippen molar-refractivity contribution in [2.45, 2.75) is 5.75 Å². The first-order chi connectivity index (χ1) is 7.44. The van der Waals surface area contributed by atoms with Gasteiger partial charge in [0, 0.05) is 18.4 Å². The normalized spacial score (nSPS) is 11.6. The molecule has 0 amide bonds. The summed E-state index contributed by atoms with van der Waals surface area (Å²) in [4.78, 5) is 0. The molecular formula is C10H14FNO3S. The molecule has 1 aromatic carbocycles. The van der Waals surface area contributed by atoms with E-state index in [1.54, 1.807) is 0 Å². The number of methoxy groups -OCH3 is 1. The molecule has 0 saturated carbocycles. The van der Waals surface area contributed by atoms with Gasteiger partial charge in [-0.2, -0.15) is 0 Å². The second-order valence-electron chi connectivity index (χ2n) is 3.44. The molecule has 1 aromatic rings. The van der Waals surface area contributed by atoms with Crippen LogP contribution < -0.4 is 5.73 Å². The average Bonchev–Trinajstić information content (AvgIpc) is 2.19. The lowest BCUT2D eigenvalue weighted by atomic mass is 10.2. The summed E-state index contributed by atoms with van der Waals surface area (Å²) in [6.45, 7) is 0.110. The molecule has 0 unspecified atom stereocenters. The predicted molar refractivity (Wildman–Crippen MR) is 60.2 cm³/mol. The summed E-state index contributed by atoms with van der Waals surface area (Å²) in [7, 11) is -1.92. The molecule has 2 N–H and O–H groups in total. The summed E-state index contributed by atoms with van der Waals surface area (Å²) < 4.78 is 41.0. The number of nitrogens with two attached hydrogens (primary N) is 1. The van der Waals surface area contributed by atoms with Gasteiger partial charge in [-0.05, 0) is 12.1 Å². The monoisotopic (exact) mass is 247 g/mol. The van der Waals surface area contributed by atoms with Crippen LogP contribution in [0.5, 0.6) is 0 Å². The van der Waals surface area contributed by atoms with Crippen molar-refractivity contribution in [3.05, 3.63) is 29.6 Å². The average molecular weight is 247 g/mol. The first-order valence-corrected chi connectivity index (χ1v) is 6.50. The highest BCUT2D eigenvalue weighted by Crippen LogP contribution is 2.15. The minimum atomic E-state index is -3.34. The van der Waals surface area contributed by atoms with Crippen LogP contribution in [-0.2, 0) is 20.3 Å². The number of sulfone groups is 1. The maximum Gasteiger partial charge on any atom is 0.156 e. The zero-order chi connectivity index (χ0) is 12.2. The lowest BCUT2D eigenvalue weighted by molar-refractivity contribution is 0.217. The van der Waals surface area contributed by atoms with E-state index in [4.69, 9.17) is 5.73 Å². The Morgan fingerprint density at radius 3 is 2.69 bits per heavy atom. The number of nitrogen functional groups attached to an aromatic ring is 1. The molecule has 0 fully saturated rings. The fourth-order valence-electron chi connectivity index (χ4n) is 1.20. The summed E-state index contributed by atoms with van der Waals surface area (Å²) in [5.74, 6) is -1.04. The third kappa shape index (κ3) is 3.79. The summed E-state index contributed by atoms with van der Waals surface area (Å²) in [5, 5.41) is 0. The maximum atomic E-state index is 13.3. The van der Waals surface area contributed by atoms with Crippen LogP contribution in [0.4, 0.5) is 10.1 Å². The molecule has 0 aliphatic rings. The van der Waals surface area contributed by atoms with Gasteiger partial charge >= 0.3 is 0 Å². The van der Waals surface area contributed by atoms with Crippen molar-refractivity contribution in [3.63, 3.8) is 0 Å². The van der Waals surface area contributed by atoms with Crippen LogP contribution in [0.3, 0.4) is 0 Å². The molecule has 0 spiro atoms. The molecule has 0 saturated heterocycles. The molecule has 6 heteroatoms. The van der Waals surface area contributed by atoms with Gasteiger partial charge in [-0.25, -0.2) is 12.8 Å². The number of ether oxygens (including phenoxy) is 1. The molecule has 16 heavy (non-hydrogen) atoms. The van der Waals surface area contributed by atoms with E-state index in [9.17, 15) is 12.8 Å². The van der Waals surface area contributed by atoms with E-state index in [0.717, 1.165) is 6.07 Å². The van der Waals surface area contributed by atoms with Crippen LogP contribution in [-0.4, -0.2) is 27.9 Å². The van der Waals surface area contributed by atoms with Crippen molar-refractivity contribution >= 4 is 15.5 Å². The molecule has 90 valence electrons. The number of halogens is 1. The van der Waals surface area contributed by atoms with Gasteiger partial charge in [0.05, 0.1) is 18.1 Å². The first kappa shape index (κ1) is 12.9. The van der Waals surface area contributed by atoms with Gasteiger partial charge in [-0.1, -0.05) is 6.07 Å². The number of anilines is 1. The lowest BCUT2D eigenvalue weighted by Crippen LogP contribution is -2.14. The summed E-state index contributed by atoms with van der Waals surface area (Å²) >= 11 is 0. The van der Waals surface area contributed by atoms with Crippen LogP contribution in [0.25, 0.3) is 0 Å². The number of hydrogen-bond donors (Lipinski definition) is 1.